The Balaban J connectivity index is 1.86. The lowest BCUT2D eigenvalue weighted by Gasteiger charge is -2.35. The first-order chi connectivity index (χ1) is 13.8. The summed E-state index contributed by atoms with van der Waals surface area (Å²) in [4.78, 5) is 2.26. The number of terminal acetylenes is 1. The Morgan fingerprint density at radius 3 is 1.86 bits per heavy atom. The zero-order valence-electron chi connectivity index (χ0n) is 16.1. The van der Waals surface area contributed by atoms with Crippen LogP contribution in [-0.2, 0) is 13.0 Å². The summed E-state index contributed by atoms with van der Waals surface area (Å²) < 4.78 is 0. The Bertz CT molecular complexity index is 855. The average molecular weight is 370 g/mol. The van der Waals surface area contributed by atoms with Crippen molar-refractivity contribution in [2.24, 2.45) is 0 Å². The normalized spacial score (nSPS) is 13.0. The van der Waals surface area contributed by atoms with Crippen LogP contribution in [0.2, 0.25) is 0 Å². The van der Waals surface area contributed by atoms with Crippen LogP contribution in [0.1, 0.15) is 29.2 Å². The van der Waals surface area contributed by atoms with E-state index in [4.69, 9.17) is 6.42 Å². The maximum absolute atomic E-state index is 10.2. The van der Waals surface area contributed by atoms with Gasteiger partial charge in [0.1, 0.15) is 0 Å². The molecule has 28 heavy (non-hydrogen) atoms. The lowest BCUT2D eigenvalue weighted by Crippen LogP contribution is -2.39. The molecule has 0 aromatic heterocycles. The first-order valence-electron chi connectivity index (χ1n) is 9.77. The number of aryl methyl sites for hydroxylation is 1. The molecule has 3 aromatic carbocycles. The summed E-state index contributed by atoms with van der Waals surface area (Å²) in [5, 5.41) is 10.2. The fourth-order valence-corrected chi connectivity index (χ4v) is 3.60. The van der Waals surface area contributed by atoms with Crippen molar-refractivity contribution in [3.63, 3.8) is 0 Å². The second-order valence-corrected chi connectivity index (χ2v) is 6.97. The molecule has 2 nitrogen and oxygen atoms in total. The zero-order valence-corrected chi connectivity index (χ0v) is 16.1. The molecule has 0 saturated carbocycles. The highest BCUT2D eigenvalue weighted by molar-refractivity contribution is 5.23. The van der Waals surface area contributed by atoms with Crippen LogP contribution in [0.25, 0.3) is 0 Å². The molecule has 2 heteroatoms. The van der Waals surface area contributed by atoms with Crippen molar-refractivity contribution in [3.8, 4) is 12.3 Å². The predicted octanol–water partition coefficient (Wildman–Crippen LogP) is 4.86. The quantitative estimate of drug-likeness (QED) is 0.545. The van der Waals surface area contributed by atoms with E-state index in [2.05, 4.69) is 59.4 Å². The van der Waals surface area contributed by atoms with E-state index < -0.39 is 0 Å². The second kappa shape index (κ2) is 10.5. The molecule has 0 bridgehead atoms. The highest BCUT2D eigenvalue weighted by Crippen LogP contribution is 2.26. The second-order valence-electron chi connectivity index (χ2n) is 6.97. The lowest BCUT2D eigenvalue weighted by molar-refractivity contribution is 0.0922. The minimum atomic E-state index is -0.141. The van der Waals surface area contributed by atoms with Crippen LogP contribution in [0.3, 0.4) is 0 Å². The molecule has 3 aromatic rings. The molecule has 0 fully saturated rings. The SMILES string of the molecule is C#C[C@@H](CCc1ccccc1)N(Cc1ccccc1)[C@@H](CO)c1ccccc1. The van der Waals surface area contributed by atoms with E-state index in [1.54, 1.807) is 0 Å². The number of hydrogen-bond donors (Lipinski definition) is 1. The van der Waals surface area contributed by atoms with E-state index >= 15 is 0 Å². The van der Waals surface area contributed by atoms with Crippen LogP contribution in [0, 0.1) is 12.3 Å². The molecule has 0 aliphatic carbocycles. The van der Waals surface area contributed by atoms with Crippen LogP contribution in [-0.4, -0.2) is 22.7 Å². The van der Waals surface area contributed by atoms with Gasteiger partial charge in [-0.05, 0) is 29.5 Å². The van der Waals surface area contributed by atoms with Gasteiger partial charge in [0.2, 0.25) is 0 Å². The molecule has 0 unspecified atom stereocenters. The predicted molar refractivity (Wildman–Crippen MR) is 116 cm³/mol. The van der Waals surface area contributed by atoms with Gasteiger partial charge in [-0.25, -0.2) is 0 Å². The largest absolute Gasteiger partial charge is 0.394 e. The van der Waals surface area contributed by atoms with Crippen LogP contribution in [0.15, 0.2) is 91.0 Å². The standard InChI is InChI=1S/C26H27NO/c1-2-25(19-18-22-12-6-3-7-13-22)27(20-23-14-8-4-9-15-23)26(21-28)24-16-10-5-11-17-24/h1,3-17,25-26,28H,18-21H2/t25-,26-/m0/s1. The highest BCUT2D eigenvalue weighted by atomic mass is 16.3. The topological polar surface area (TPSA) is 23.5 Å². The van der Waals surface area contributed by atoms with E-state index in [0.717, 1.165) is 18.4 Å². The van der Waals surface area contributed by atoms with Crippen LogP contribution >= 0.6 is 0 Å². The van der Waals surface area contributed by atoms with Crippen molar-refractivity contribution in [2.45, 2.75) is 31.5 Å². The fraction of sp³-hybridized carbons (Fsp3) is 0.231. The van der Waals surface area contributed by atoms with Gasteiger partial charge in [-0.1, -0.05) is 96.9 Å². The molecule has 142 valence electrons. The number of aliphatic hydroxyl groups excluding tert-OH is 1. The fourth-order valence-electron chi connectivity index (χ4n) is 3.60. The van der Waals surface area contributed by atoms with Crippen molar-refractivity contribution in [1.29, 1.82) is 0 Å². The van der Waals surface area contributed by atoms with E-state index in [9.17, 15) is 5.11 Å². The van der Waals surface area contributed by atoms with Gasteiger partial charge in [0.25, 0.3) is 0 Å². The third-order valence-electron chi connectivity index (χ3n) is 5.11. The van der Waals surface area contributed by atoms with Gasteiger partial charge in [0, 0.05) is 6.54 Å². The highest BCUT2D eigenvalue weighted by Gasteiger charge is 2.26. The van der Waals surface area contributed by atoms with Gasteiger partial charge in [-0.2, -0.15) is 0 Å². The molecule has 2 atom stereocenters. The molecule has 0 spiro atoms. The average Bonchev–Trinajstić information content (AvgIpc) is 2.77. The van der Waals surface area contributed by atoms with Crippen molar-refractivity contribution in [1.82, 2.24) is 4.90 Å². The molecule has 0 aliphatic heterocycles. The molecule has 3 rings (SSSR count). The van der Waals surface area contributed by atoms with Gasteiger partial charge in [-0.15, -0.1) is 6.42 Å². The van der Waals surface area contributed by atoms with Crippen molar-refractivity contribution in [2.75, 3.05) is 6.61 Å². The van der Waals surface area contributed by atoms with Crippen molar-refractivity contribution < 1.29 is 5.11 Å². The van der Waals surface area contributed by atoms with Crippen LogP contribution < -0.4 is 0 Å². The Morgan fingerprint density at radius 2 is 1.32 bits per heavy atom. The molecule has 0 radical (unpaired) electrons. The Morgan fingerprint density at radius 1 is 0.786 bits per heavy atom. The Labute approximate surface area is 168 Å². The monoisotopic (exact) mass is 369 g/mol. The first kappa shape index (κ1) is 19.9. The van der Waals surface area contributed by atoms with Crippen LogP contribution in [0.4, 0.5) is 0 Å². The zero-order chi connectivity index (χ0) is 19.6. The number of aliphatic hydroxyl groups is 1. The van der Waals surface area contributed by atoms with Gasteiger partial charge in [0.15, 0.2) is 0 Å². The molecule has 0 aliphatic rings. The maximum atomic E-state index is 10.2. The van der Waals surface area contributed by atoms with E-state index in [0.29, 0.717) is 6.54 Å². The van der Waals surface area contributed by atoms with E-state index in [1.165, 1.54) is 11.1 Å². The van der Waals surface area contributed by atoms with Crippen LogP contribution in [0.5, 0.6) is 0 Å². The third-order valence-corrected chi connectivity index (χ3v) is 5.11. The van der Waals surface area contributed by atoms with Crippen molar-refractivity contribution >= 4 is 0 Å². The molecule has 0 saturated heterocycles. The van der Waals surface area contributed by atoms with Gasteiger partial charge < -0.3 is 5.11 Å². The van der Waals surface area contributed by atoms with Gasteiger partial charge in [0.05, 0.1) is 18.7 Å². The summed E-state index contributed by atoms with van der Waals surface area (Å²) in [6.07, 6.45) is 7.74. The maximum Gasteiger partial charge on any atom is 0.0723 e. The minimum Gasteiger partial charge on any atom is -0.394 e. The molecular formula is C26H27NO. The number of nitrogens with zero attached hydrogens (tertiary/aromatic N) is 1. The Hall–Kier alpha value is -2.86. The minimum absolute atomic E-state index is 0.0281. The van der Waals surface area contributed by atoms with Gasteiger partial charge >= 0.3 is 0 Å². The lowest BCUT2D eigenvalue weighted by atomic mass is 9.99. The smallest absolute Gasteiger partial charge is 0.0723 e. The molecule has 0 heterocycles. The summed E-state index contributed by atoms with van der Waals surface area (Å²) in [5.41, 5.74) is 3.56. The number of rotatable bonds is 9. The summed E-state index contributed by atoms with van der Waals surface area (Å²) in [7, 11) is 0. The van der Waals surface area contributed by atoms with Gasteiger partial charge in [-0.3, -0.25) is 4.90 Å². The molecular weight excluding hydrogens is 342 g/mol. The van der Waals surface area contributed by atoms with Crippen molar-refractivity contribution in [3.05, 3.63) is 108 Å². The molecule has 1 N–H and O–H groups in total. The summed E-state index contributed by atoms with van der Waals surface area (Å²) in [5.74, 6) is 2.99. The summed E-state index contributed by atoms with van der Waals surface area (Å²) in [6, 6.07) is 30.6. The number of benzene rings is 3. The molecule has 0 amide bonds. The first-order valence-corrected chi connectivity index (χ1v) is 9.77. The number of hydrogen-bond acceptors (Lipinski definition) is 2. The summed E-state index contributed by atoms with van der Waals surface area (Å²) >= 11 is 0. The summed E-state index contributed by atoms with van der Waals surface area (Å²) in [6.45, 7) is 0.727. The third kappa shape index (κ3) is 5.33. The Kier molecular flexibility index (Phi) is 7.44. The van der Waals surface area contributed by atoms with E-state index in [-0.39, 0.29) is 18.7 Å². The van der Waals surface area contributed by atoms with E-state index in [1.807, 2.05) is 42.5 Å².